The molecule has 0 aromatic heterocycles. The lowest BCUT2D eigenvalue weighted by Gasteiger charge is -2.38. The smallest absolute Gasteiger partial charge is 0.296 e. The second-order valence-electron chi connectivity index (χ2n) is 4.85. The zero-order valence-corrected chi connectivity index (χ0v) is 13.3. The number of nitrogens with two attached hydrogens (primary N) is 1. The van der Waals surface area contributed by atoms with E-state index in [4.69, 9.17) is 5.73 Å². The highest BCUT2D eigenvalue weighted by atomic mass is 32.2. The first-order chi connectivity index (χ1) is 9.69. The fourth-order valence-electron chi connectivity index (χ4n) is 1.78. The fraction of sp³-hybridized carbons (Fsp3) is 0.500. The summed E-state index contributed by atoms with van der Waals surface area (Å²) in [4.78, 5) is 13.4. The Hall–Kier alpha value is -1.42. The first-order valence-electron chi connectivity index (χ1n) is 6.34. The standard InChI is InChI=1S/C12H22N5O3S/c1-10-5-6-11(12(13)18)16(9-10)17(8-7-15(3)4)21(19,20)14-2/h5-6,9,11,14H,1,7-8H2,2-4H3,(H2,13,18). The maximum absolute atomic E-state index is 12.2. The number of rotatable bonds is 7. The van der Waals surface area contributed by atoms with Gasteiger partial charge in [0.1, 0.15) is 6.04 Å². The number of primary amides is 1. The Kier molecular flexibility index (Phi) is 5.90. The Labute approximate surface area is 126 Å². The van der Waals surface area contributed by atoms with Crippen molar-refractivity contribution in [1.82, 2.24) is 19.0 Å². The van der Waals surface area contributed by atoms with Crippen LogP contribution in [0.25, 0.3) is 0 Å². The molecule has 1 atom stereocenters. The summed E-state index contributed by atoms with van der Waals surface area (Å²) in [5.41, 5.74) is 5.93. The third kappa shape index (κ3) is 4.53. The van der Waals surface area contributed by atoms with Crippen molar-refractivity contribution < 1.29 is 13.2 Å². The van der Waals surface area contributed by atoms with Crippen LogP contribution >= 0.6 is 0 Å². The Bertz CT molecular complexity index is 541. The van der Waals surface area contributed by atoms with E-state index in [2.05, 4.69) is 11.6 Å². The molecule has 1 unspecified atom stereocenters. The Balaban J connectivity index is 3.16. The lowest BCUT2D eigenvalue weighted by Crippen LogP contribution is -2.56. The predicted octanol–water partition coefficient (Wildman–Crippen LogP) is -1.33. The minimum atomic E-state index is -3.78. The third-order valence-corrected chi connectivity index (χ3v) is 4.34. The average Bonchev–Trinajstić information content (AvgIpc) is 2.38. The van der Waals surface area contributed by atoms with E-state index in [0.29, 0.717) is 12.1 Å². The van der Waals surface area contributed by atoms with Crippen LogP contribution in [0, 0.1) is 6.92 Å². The number of hydrogen-bond donors (Lipinski definition) is 2. The molecule has 1 aliphatic heterocycles. The molecule has 0 saturated carbocycles. The zero-order valence-electron chi connectivity index (χ0n) is 12.5. The minimum Gasteiger partial charge on any atom is -0.368 e. The number of likely N-dealkylation sites (N-methyl/N-ethyl adjacent to an activating group) is 1. The van der Waals surface area contributed by atoms with Crippen LogP contribution < -0.4 is 10.5 Å². The van der Waals surface area contributed by atoms with E-state index in [1.165, 1.54) is 24.3 Å². The average molecular weight is 316 g/mol. The monoisotopic (exact) mass is 316 g/mol. The van der Waals surface area contributed by atoms with Crippen LogP contribution in [0.3, 0.4) is 0 Å². The molecular formula is C12H22N5O3S. The van der Waals surface area contributed by atoms with Crippen molar-refractivity contribution in [1.29, 1.82) is 0 Å². The third-order valence-electron chi connectivity index (χ3n) is 2.90. The molecule has 0 aliphatic carbocycles. The minimum absolute atomic E-state index is 0.164. The fourth-order valence-corrected chi connectivity index (χ4v) is 2.70. The van der Waals surface area contributed by atoms with Gasteiger partial charge in [-0.25, -0.2) is 4.72 Å². The molecule has 3 N–H and O–H groups in total. The molecule has 0 bridgehead atoms. The van der Waals surface area contributed by atoms with Crippen molar-refractivity contribution in [3.05, 3.63) is 30.8 Å². The van der Waals surface area contributed by atoms with Crippen LogP contribution in [0.4, 0.5) is 0 Å². The van der Waals surface area contributed by atoms with Crippen LogP contribution in [0.2, 0.25) is 0 Å². The molecule has 21 heavy (non-hydrogen) atoms. The molecule has 0 saturated heterocycles. The molecule has 0 aromatic rings. The number of allylic oxidation sites excluding steroid dienone is 2. The van der Waals surface area contributed by atoms with Gasteiger partial charge in [0, 0.05) is 26.3 Å². The molecule has 9 heteroatoms. The van der Waals surface area contributed by atoms with E-state index >= 15 is 0 Å². The van der Waals surface area contributed by atoms with Gasteiger partial charge in [-0.05, 0) is 26.6 Å². The van der Waals surface area contributed by atoms with Gasteiger partial charge >= 0.3 is 0 Å². The van der Waals surface area contributed by atoms with Crippen molar-refractivity contribution in [2.75, 3.05) is 34.2 Å². The summed E-state index contributed by atoms with van der Waals surface area (Å²) >= 11 is 0. The lowest BCUT2D eigenvalue weighted by molar-refractivity contribution is -0.123. The maximum atomic E-state index is 12.2. The van der Waals surface area contributed by atoms with Gasteiger partial charge in [0.2, 0.25) is 5.91 Å². The Morgan fingerprint density at radius 2 is 2.10 bits per heavy atom. The molecule has 1 radical (unpaired) electrons. The van der Waals surface area contributed by atoms with Crippen LogP contribution in [0.5, 0.6) is 0 Å². The van der Waals surface area contributed by atoms with E-state index in [1.807, 2.05) is 19.0 Å². The summed E-state index contributed by atoms with van der Waals surface area (Å²) < 4.78 is 27.8. The number of nitrogens with zero attached hydrogens (tertiary/aromatic N) is 3. The second-order valence-corrected chi connectivity index (χ2v) is 6.63. The van der Waals surface area contributed by atoms with Crippen LogP contribution in [0.15, 0.2) is 23.9 Å². The number of nitrogens with one attached hydrogen (secondary N) is 1. The number of carbonyl (C=O) groups is 1. The van der Waals surface area contributed by atoms with E-state index in [-0.39, 0.29) is 6.54 Å². The van der Waals surface area contributed by atoms with Crippen molar-refractivity contribution in [2.45, 2.75) is 6.04 Å². The molecule has 1 rings (SSSR count). The van der Waals surface area contributed by atoms with Crippen LogP contribution in [0.1, 0.15) is 0 Å². The Morgan fingerprint density at radius 1 is 1.48 bits per heavy atom. The molecule has 0 aromatic carbocycles. The second kappa shape index (κ2) is 7.03. The quantitative estimate of drug-likeness (QED) is 0.606. The van der Waals surface area contributed by atoms with Gasteiger partial charge in [0.25, 0.3) is 10.2 Å². The summed E-state index contributed by atoms with van der Waals surface area (Å²) in [5.74, 6) is -0.642. The summed E-state index contributed by atoms with van der Waals surface area (Å²) in [7, 11) is 1.19. The molecule has 119 valence electrons. The van der Waals surface area contributed by atoms with Crippen LogP contribution in [-0.2, 0) is 15.0 Å². The molecule has 0 spiro atoms. The van der Waals surface area contributed by atoms with Gasteiger partial charge in [-0.15, -0.1) is 0 Å². The zero-order chi connectivity index (χ0) is 16.2. The highest BCUT2D eigenvalue weighted by Gasteiger charge is 2.33. The van der Waals surface area contributed by atoms with Crippen LogP contribution in [-0.4, -0.2) is 68.9 Å². The number of carbonyl (C=O) groups excluding carboxylic acids is 1. The van der Waals surface area contributed by atoms with Crippen molar-refractivity contribution in [3.63, 3.8) is 0 Å². The van der Waals surface area contributed by atoms with E-state index in [9.17, 15) is 13.2 Å². The van der Waals surface area contributed by atoms with Gasteiger partial charge in [-0.3, -0.25) is 9.80 Å². The molecule has 0 fully saturated rings. The summed E-state index contributed by atoms with van der Waals surface area (Å²) in [6.45, 7) is 4.40. The predicted molar refractivity (Wildman–Crippen MR) is 80.6 cm³/mol. The van der Waals surface area contributed by atoms with Gasteiger partial charge in [-0.1, -0.05) is 16.6 Å². The van der Waals surface area contributed by atoms with E-state index < -0.39 is 22.2 Å². The molecule has 1 aliphatic rings. The van der Waals surface area contributed by atoms with Crippen molar-refractivity contribution >= 4 is 16.1 Å². The van der Waals surface area contributed by atoms with Crippen molar-refractivity contribution in [3.8, 4) is 0 Å². The number of hydrazine groups is 1. The van der Waals surface area contributed by atoms with Gasteiger partial charge in [-0.2, -0.15) is 8.42 Å². The summed E-state index contributed by atoms with van der Waals surface area (Å²) in [5, 5.41) is 1.29. The van der Waals surface area contributed by atoms with E-state index in [0.717, 1.165) is 4.41 Å². The molecular weight excluding hydrogens is 294 g/mol. The molecule has 1 heterocycles. The first-order valence-corrected chi connectivity index (χ1v) is 7.78. The highest BCUT2D eigenvalue weighted by Crippen LogP contribution is 2.18. The maximum Gasteiger partial charge on any atom is 0.296 e. The largest absolute Gasteiger partial charge is 0.368 e. The molecule has 8 nitrogen and oxygen atoms in total. The molecule has 1 amide bonds. The SMILES string of the molecule is [CH2]C1=CN(N(CCN(C)C)S(=O)(=O)NC)C(C(N)=O)C=C1. The van der Waals surface area contributed by atoms with Gasteiger partial charge in [0.05, 0.1) is 0 Å². The summed E-state index contributed by atoms with van der Waals surface area (Å²) in [6.07, 6.45) is 4.64. The van der Waals surface area contributed by atoms with Gasteiger partial charge in [0.15, 0.2) is 0 Å². The lowest BCUT2D eigenvalue weighted by atomic mass is 10.1. The Morgan fingerprint density at radius 3 is 2.57 bits per heavy atom. The number of hydrogen-bond acceptors (Lipinski definition) is 5. The normalized spacial score (nSPS) is 19.2. The summed E-state index contributed by atoms with van der Waals surface area (Å²) in [6, 6.07) is -0.874. The number of amides is 1. The van der Waals surface area contributed by atoms with Gasteiger partial charge < -0.3 is 10.6 Å². The topological polar surface area (TPSA) is 99.0 Å². The first kappa shape index (κ1) is 17.6. The van der Waals surface area contributed by atoms with E-state index in [1.54, 1.807) is 6.08 Å². The highest BCUT2D eigenvalue weighted by molar-refractivity contribution is 7.87. The van der Waals surface area contributed by atoms with Crippen molar-refractivity contribution in [2.24, 2.45) is 5.73 Å².